The van der Waals surface area contributed by atoms with E-state index < -0.39 is 59.4 Å². The number of piperidine rings is 1. The highest BCUT2D eigenvalue weighted by atomic mass is 33.1. The van der Waals surface area contributed by atoms with E-state index in [4.69, 9.17) is 20.2 Å². The molecular weight excluding hydrogens is 1010 g/mol. The maximum Gasteiger partial charge on any atom is 0.302 e. The summed E-state index contributed by atoms with van der Waals surface area (Å²) in [6.07, 6.45) is 22.2. The first kappa shape index (κ1) is 53.0. The lowest BCUT2D eigenvalue weighted by Crippen LogP contribution is -2.74. The van der Waals surface area contributed by atoms with E-state index in [-0.39, 0.29) is 70.0 Å². The average molecular weight is 1090 g/mol. The molecule has 17 unspecified atom stereocenters. The summed E-state index contributed by atoms with van der Waals surface area (Å²) in [7, 11) is 3.90. The molecule has 10 bridgehead atoms. The molecule has 6 spiro atoms. The zero-order valence-electron chi connectivity index (χ0n) is 45.1. The Balaban J connectivity index is 1.00. The number of carbonyl (C=O) groups is 1. The first-order valence-electron chi connectivity index (χ1n) is 29.8. The van der Waals surface area contributed by atoms with Gasteiger partial charge < -0.3 is 56.7 Å². The van der Waals surface area contributed by atoms with Crippen LogP contribution in [0.25, 0.3) is 0 Å². The van der Waals surface area contributed by atoms with Gasteiger partial charge in [0.05, 0.1) is 34.5 Å². The molecule has 0 aromatic heterocycles. The summed E-state index contributed by atoms with van der Waals surface area (Å²) in [5.41, 5.74) is 8.60. The lowest BCUT2D eigenvalue weighted by molar-refractivity contribution is -0.152. The molecule has 13 nitrogen and oxygen atoms in total. The molecule has 17 atom stereocenters. The molecule has 1 aromatic carbocycles. The minimum Gasteiger partial charge on any atom is -0.504 e. The second-order valence-electron chi connectivity index (χ2n) is 26.6. The fraction of sp³-hybridized carbons (Fsp3) is 0.742. The van der Waals surface area contributed by atoms with E-state index in [1.165, 1.54) is 90.0 Å². The van der Waals surface area contributed by atoms with Crippen molar-refractivity contribution in [3.05, 3.63) is 47.1 Å². The third kappa shape index (κ3) is 8.91. The Morgan fingerprint density at radius 3 is 2.70 bits per heavy atom. The van der Waals surface area contributed by atoms with Crippen LogP contribution in [0.5, 0.6) is 11.5 Å². The Hall–Kier alpha value is -3.38. The van der Waals surface area contributed by atoms with Crippen molar-refractivity contribution in [2.45, 2.75) is 201 Å². The van der Waals surface area contributed by atoms with Crippen LogP contribution in [0.1, 0.15) is 159 Å². The van der Waals surface area contributed by atoms with Gasteiger partial charge in [-0.1, -0.05) is 88.3 Å². The average Bonchev–Trinajstić information content (AvgIpc) is 3.65. The zero-order valence-corrected chi connectivity index (χ0v) is 46.7. The van der Waals surface area contributed by atoms with Crippen molar-refractivity contribution in [2.75, 3.05) is 25.4 Å². The summed E-state index contributed by atoms with van der Waals surface area (Å²) in [6, 6.07) is 2.44. The van der Waals surface area contributed by atoms with Crippen LogP contribution in [0.2, 0.25) is 0 Å². The summed E-state index contributed by atoms with van der Waals surface area (Å²) in [4.78, 5) is 18.9. The van der Waals surface area contributed by atoms with Gasteiger partial charge in [0.1, 0.15) is 12.2 Å². The predicted molar refractivity (Wildman–Crippen MR) is 300 cm³/mol. The Morgan fingerprint density at radius 1 is 0.987 bits per heavy atom. The minimum atomic E-state index is -1.93. The number of nitrogens with zero attached hydrogens (tertiary/aromatic N) is 1. The number of phenols is 1. The van der Waals surface area contributed by atoms with Gasteiger partial charge in [-0.2, -0.15) is 0 Å². The lowest BCUT2D eigenvalue weighted by Gasteiger charge is -2.70. The Kier molecular flexibility index (Phi) is 13.9. The Labute approximate surface area is 463 Å². The van der Waals surface area contributed by atoms with Gasteiger partial charge in [-0.25, -0.2) is 4.99 Å². The highest BCUT2D eigenvalue weighted by Crippen LogP contribution is 2.79. The number of guanidine groups is 1. The molecular formula is C62H83N5O8S2. The molecule has 10 N–H and O–H groups in total. The van der Waals surface area contributed by atoms with Gasteiger partial charge >= 0.3 is 5.97 Å². The molecule has 1 saturated heterocycles. The van der Waals surface area contributed by atoms with Crippen LogP contribution < -0.4 is 26.4 Å². The number of nitrogens with one attached hydrogen (secondary N) is 3. The number of aliphatic imine (C=N–C) groups is 1. The number of aliphatic hydroxyl groups is 4. The monoisotopic (exact) mass is 1090 g/mol. The molecule has 0 radical (unpaired) electrons. The predicted octanol–water partition coefficient (Wildman–Crippen LogP) is 7.49. The number of fused-ring (bicyclic) bond motifs is 4. The van der Waals surface area contributed by atoms with Crippen molar-refractivity contribution in [1.82, 2.24) is 16.0 Å². The maximum atomic E-state index is 13.3. The number of rotatable bonds is 2. The van der Waals surface area contributed by atoms with Gasteiger partial charge in [-0.3, -0.25) is 4.79 Å². The van der Waals surface area contributed by atoms with Crippen molar-refractivity contribution in [1.29, 1.82) is 0 Å². The molecule has 1 aromatic rings. The number of esters is 1. The maximum absolute atomic E-state index is 13.3. The number of nitrogens with two attached hydrogens (primary N) is 1. The molecule has 77 heavy (non-hydrogen) atoms. The van der Waals surface area contributed by atoms with Gasteiger partial charge in [0.15, 0.2) is 23.7 Å². The highest BCUT2D eigenvalue weighted by molar-refractivity contribution is 8.77. The van der Waals surface area contributed by atoms with Gasteiger partial charge in [0.25, 0.3) is 0 Å². The molecule has 4 heterocycles. The smallest absolute Gasteiger partial charge is 0.302 e. The van der Waals surface area contributed by atoms with E-state index in [0.717, 1.165) is 12.2 Å². The van der Waals surface area contributed by atoms with Gasteiger partial charge in [0, 0.05) is 72.9 Å². The molecule has 13 rings (SSSR count). The standard InChI is InChI=1S/C62H83N5O8S2/c1-37(68)74-51-28-44(69)15-22-59-21-13-39-24-38-9-12-46(33-64-35-58(30-38)31-45(16-23-65-58)75-52-27-41(26-47(39)51)48(55(72)73)29-50(52)70)77-76-36-61(67-56(63)66-53(59)7-4-8-54(59)71)34-60-32-49-40(10-11-42-6-5-19-62(42,49)61)25-43(60)14-20-57(60)17-2-3-18-57/h4,7,25,27,29,38-39,42-47,49,51,53-55,64-65,69-73H,2-3,5-6,8,10-11,14-20,22-24,26,28,30-36H2,1H3,(H3,63,66,67). The number of hydrogen-bond acceptors (Lipinski definition) is 15. The molecule has 6 fully saturated rings. The van der Waals surface area contributed by atoms with Crippen LogP contribution >= 0.6 is 21.6 Å². The fourth-order valence-electron chi connectivity index (χ4n) is 19.7. The topological polar surface area (TPSA) is 211 Å². The first-order valence-corrected chi connectivity index (χ1v) is 32.2. The third-order valence-electron chi connectivity index (χ3n) is 22.9. The highest BCUT2D eigenvalue weighted by Gasteiger charge is 2.75. The second kappa shape index (κ2) is 20.3. The minimum absolute atomic E-state index is 0.0173. The fourth-order valence-corrected chi connectivity index (χ4v) is 22.5. The number of carbonyl (C=O) groups excluding carboxylic acids is 1. The number of aliphatic hydroxyl groups excluding tert-OH is 3. The van der Waals surface area contributed by atoms with Gasteiger partial charge in [-0.05, 0) is 162 Å². The second-order valence-corrected chi connectivity index (χ2v) is 29.1. The van der Waals surface area contributed by atoms with Crippen LogP contribution in [-0.2, 0) is 16.0 Å². The lowest BCUT2D eigenvalue weighted by atomic mass is 9.37. The van der Waals surface area contributed by atoms with Gasteiger partial charge in [-0.15, -0.1) is 0 Å². The Morgan fingerprint density at radius 2 is 1.86 bits per heavy atom. The van der Waals surface area contributed by atoms with E-state index >= 15 is 0 Å². The molecule has 416 valence electrons. The van der Waals surface area contributed by atoms with Crippen molar-refractivity contribution in [3.63, 3.8) is 0 Å². The van der Waals surface area contributed by atoms with Crippen LogP contribution in [0.4, 0.5) is 0 Å². The van der Waals surface area contributed by atoms with E-state index in [0.29, 0.717) is 92.9 Å². The quantitative estimate of drug-likeness (QED) is 0.0463. The molecule has 15 heteroatoms. The van der Waals surface area contributed by atoms with Crippen LogP contribution in [0.15, 0.2) is 40.9 Å². The van der Waals surface area contributed by atoms with Crippen LogP contribution in [-0.4, -0.2) is 110 Å². The number of ether oxygens (including phenoxy) is 2. The number of allylic oxidation sites excluding steroid dienone is 2. The summed E-state index contributed by atoms with van der Waals surface area (Å²) >= 11 is 0. The normalized spacial score (nSPS) is 44.6. The SMILES string of the molecule is CC(=O)OC1CC(O)CCC23C#CC4CC5C#CC(CNCC6(C5)CC(CCN6)Oc5cc(c(C(O)O)cc5O)CC41)SSCC1(CC45CC6C(=CC4CCC54CCCC4)CCC4CCCC461)NC(N)=NC2C=CCC3O. The van der Waals surface area contributed by atoms with Crippen molar-refractivity contribution < 1.29 is 39.8 Å². The number of phenolic OH excluding ortho intramolecular Hbond substituents is 1. The first-order chi connectivity index (χ1) is 37.2. The van der Waals surface area contributed by atoms with Crippen molar-refractivity contribution in [2.24, 2.45) is 67.9 Å². The Bertz CT molecular complexity index is 2710. The third-order valence-corrected chi connectivity index (χ3v) is 25.6. The largest absolute Gasteiger partial charge is 0.504 e. The number of hydrogen-bond donors (Lipinski definition) is 9. The molecule has 8 aliphatic carbocycles. The summed E-state index contributed by atoms with van der Waals surface area (Å²) in [5.74, 6) is 16.6. The number of benzene rings is 1. The summed E-state index contributed by atoms with van der Waals surface area (Å²) in [6.45, 7) is 3.43. The molecule has 5 saturated carbocycles. The zero-order chi connectivity index (χ0) is 53.0. The molecule has 12 aliphatic rings. The number of aromatic hydroxyl groups is 1. The van der Waals surface area contributed by atoms with Crippen LogP contribution in [0.3, 0.4) is 0 Å². The van der Waals surface area contributed by atoms with Crippen molar-refractivity contribution >= 4 is 33.5 Å². The van der Waals surface area contributed by atoms with E-state index in [1.807, 2.05) is 27.7 Å². The van der Waals surface area contributed by atoms with Gasteiger partial charge in [0.2, 0.25) is 0 Å². The van der Waals surface area contributed by atoms with E-state index in [1.54, 1.807) is 11.6 Å². The van der Waals surface area contributed by atoms with Crippen LogP contribution in [0, 0.1) is 80.8 Å². The van der Waals surface area contributed by atoms with E-state index in [9.17, 15) is 30.3 Å². The molecule has 0 amide bonds. The summed E-state index contributed by atoms with van der Waals surface area (Å²) in [5, 5.41) is 70.6. The summed E-state index contributed by atoms with van der Waals surface area (Å²) < 4.78 is 13.1. The van der Waals surface area contributed by atoms with Crippen molar-refractivity contribution in [3.8, 4) is 35.2 Å². The van der Waals surface area contributed by atoms with E-state index in [2.05, 4.69) is 51.8 Å². The molecule has 4 aliphatic heterocycles.